The van der Waals surface area contributed by atoms with Crippen molar-refractivity contribution in [3.8, 4) is 0 Å². The van der Waals surface area contributed by atoms with Crippen molar-refractivity contribution < 1.29 is 4.74 Å². The van der Waals surface area contributed by atoms with E-state index in [1.165, 1.54) is 0 Å². The lowest BCUT2D eigenvalue weighted by atomic mass is 10.1. The summed E-state index contributed by atoms with van der Waals surface area (Å²) in [6, 6.07) is 0.553. The minimum Gasteiger partial charge on any atom is -0.380 e. The zero-order valence-corrected chi connectivity index (χ0v) is 11.4. The van der Waals surface area contributed by atoms with Crippen LogP contribution in [0.15, 0.2) is 0 Å². The summed E-state index contributed by atoms with van der Waals surface area (Å²) in [5.74, 6) is 1.43. The molecular formula is C12H26ClNO. The standard InChI is InChI=1S/C12H26ClNO/c1-11(2)5-9-15-10-8-14(7-6-13)12(3)4/h11-12H,5-10H2,1-4H3. The first-order chi connectivity index (χ1) is 7.07. The van der Waals surface area contributed by atoms with Gasteiger partial charge in [0.05, 0.1) is 6.61 Å². The van der Waals surface area contributed by atoms with E-state index in [-0.39, 0.29) is 0 Å². The highest BCUT2D eigenvalue weighted by Crippen LogP contribution is 2.01. The fraction of sp³-hybridized carbons (Fsp3) is 1.00. The molecular weight excluding hydrogens is 210 g/mol. The van der Waals surface area contributed by atoms with Crippen LogP contribution in [0.5, 0.6) is 0 Å². The molecule has 0 aliphatic carbocycles. The quantitative estimate of drug-likeness (QED) is 0.450. The summed E-state index contributed by atoms with van der Waals surface area (Å²) >= 11 is 5.74. The SMILES string of the molecule is CC(C)CCOCCN(CCCl)C(C)C. The molecule has 3 heteroatoms. The van der Waals surface area contributed by atoms with E-state index in [9.17, 15) is 0 Å². The number of alkyl halides is 1. The third-order valence-electron chi connectivity index (χ3n) is 2.46. The summed E-state index contributed by atoms with van der Waals surface area (Å²) in [6.07, 6.45) is 1.15. The molecule has 0 aromatic rings. The van der Waals surface area contributed by atoms with Gasteiger partial charge in [-0.15, -0.1) is 11.6 Å². The highest BCUT2D eigenvalue weighted by molar-refractivity contribution is 6.18. The minimum absolute atomic E-state index is 0.553. The van der Waals surface area contributed by atoms with Gasteiger partial charge in [-0.1, -0.05) is 13.8 Å². The summed E-state index contributed by atoms with van der Waals surface area (Å²) in [6.45, 7) is 12.5. The smallest absolute Gasteiger partial charge is 0.0593 e. The van der Waals surface area contributed by atoms with Crippen molar-refractivity contribution >= 4 is 11.6 Å². The lowest BCUT2D eigenvalue weighted by Gasteiger charge is -2.25. The maximum atomic E-state index is 5.74. The fourth-order valence-corrected chi connectivity index (χ4v) is 1.56. The first kappa shape index (κ1) is 15.2. The topological polar surface area (TPSA) is 12.5 Å². The van der Waals surface area contributed by atoms with Crippen molar-refractivity contribution in [1.82, 2.24) is 4.90 Å². The van der Waals surface area contributed by atoms with Gasteiger partial charge < -0.3 is 4.74 Å². The summed E-state index contributed by atoms with van der Waals surface area (Å²) < 4.78 is 5.59. The van der Waals surface area contributed by atoms with Crippen LogP contribution in [0.25, 0.3) is 0 Å². The Labute approximate surface area is 99.9 Å². The van der Waals surface area contributed by atoms with Gasteiger partial charge in [-0.25, -0.2) is 0 Å². The third-order valence-corrected chi connectivity index (χ3v) is 2.63. The van der Waals surface area contributed by atoms with E-state index in [1.807, 2.05) is 0 Å². The van der Waals surface area contributed by atoms with Gasteiger partial charge in [-0.3, -0.25) is 4.90 Å². The molecule has 0 aliphatic heterocycles. The molecule has 0 aliphatic rings. The van der Waals surface area contributed by atoms with Crippen LogP contribution in [-0.4, -0.2) is 43.1 Å². The van der Waals surface area contributed by atoms with Gasteiger partial charge >= 0.3 is 0 Å². The molecule has 0 atom stereocenters. The zero-order chi connectivity index (χ0) is 11.7. The van der Waals surface area contributed by atoms with Crippen LogP contribution in [0.3, 0.4) is 0 Å². The normalized spacial score (nSPS) is 12.0. The summed E-state index contributed by atoms with van der Waals surface area (Å²) in [7, 11) is 0. The third kappa shape index (κ3) is 9.16. The predicted octanol–water partition coefficient (Wildman–Crippen LogP) is 3.00. The lowest BCUT2D eigenvalue weighted by Crippen LogP contribution is -2.35. The van der Waals surface area contributed by atoms with Crippen molar-refractivity contribution in [2.75, 3.05) is 32.2 Å². The average molecular weight is 236 g/mol. The number of ether oxygens (including phenoxy) is 1. The van der Waals surface area contributed by atoms with Crippen molar-refractivity contribution in [1.29, 1.82) is 0 Å². The zero-order valence-electron chi connectivity index (χ0n) is 10.6. The Kier molecular flexibility index (Phi) is 9.57. The lowest BCUT2D eigenvalue weighted by molar-refractivity contribution is 0.0886. The second-order valence-electron chi connectivity index (χ2n) is 4.61. The number of rotatable bonds is 9. The van der Waals surface area contributed by atoms with Gasteiger partial charge in [0.2, 0.25) is 0 Å². The van der Waals surface area contributed by atoms with Crippen molar-refractivity contribution in [2.24, 2.45) is 5.92 Å². The van der Waals surface area contributed by atoms with E-state index in [4.69, 9.17) is 16.3 Å². The highest BCUT2D eigenvalue weighted by atomic mass is 35.5. The van der Waals surface area contributed by atoms with E-state index >= 15 is 0 Å². The van der Waals surface area contributed by atoms with Crippen molar-refractivity contribution in [2.45, 2.75) is 40.2 Å². The molecule has 0 saturated carbocycles. The molecule has 0 aromatic carbocycles. The second-order valence-corrected chi connectivity index (χ2v) is 4.99. The summed E-state index contributed by atoms with van der Waals surface area (Å²) in [5.41, 5.74) is 0. The molecule has 0 heterocycles. The molecule has 92 valence electrons. The second kappa shape index (κ2) is 9.44. The molecule has 0 unspecified atom stereocenters. The van der Waals surface area contributed by atoms with Crippen LogP contribution in [0.4, 0.5) is 0 Å². The Morgan fingerprint density at radius 3 is 2.20 bits per heavy atom. The predicted molar refractivity (Wildman–Crippen MR) is 67.7 cm³/mol. The monoisotopic (exact) mass is 235 g/mol. The molecule has 2 nitrogen and oxygen atoms in total. The van der Waals surface area contributed by atoms with Gasteiger partial charge in [0.1, 0.15) is 0 Å². The van der Waals surface area contributed by atoms with Gasteiger partial charge in [0, 0.05) is 31.6 Å². The maximum Gasteiger partial charge on any atom is 0.0593 e. The van der Waals surface area contributed by atoms with Crippen LogP contribution < -0.4 is 0 Å². The molecule has 0 amide bonds. The fourth-order valence-electron chi connectivity index (χ4n) is 1.34. The van der Waals surface area contributed by atoms with E-state index in [2.05, 4.69) is 32.6 Å². The highest BCUT2D eigenvalue weighted by Gasteiger charge is 2.07. The molecule has 0 radical (unpaired) electrons. The molecule has 0 rings (SSSR count). The molecule has 15 heavy (non-hydrogen) atoms. The number of hydrogen-bond acceptors (Lipinski definition) is 2. The number of halogens is 1. The van der Waals surface area contributed by atoms with Crippen LogP contribution in [0.1, 0.15) is 34.1 Å². The summed E-state index contributed by atoms with van der Waals surface area (Å²) in [4.78, 5) is 2.35. The van der Waals surface area contributed by atoms with E-state index in [1.54, 1.807) is 0 Å². The van der Waals surface area contributed by atoms with Gasteiger partial charge in [-0.2, -0.15) is 0 Å². The molecule has 0 N–H and O–H groups in total. The molecule has 0 fully saturated rings. The number of hydrogen-bond donors (Lipinski definition) is 0. The van der Waals surface area contributed by atoms with Crippen molar-refractivity contribution in [3.63, 3.8) is 0 Å². The maximum absolute atomic E-state index is 5.74. The largest absolute Gasteiger partial charge is 0.380 e. The first-order valence-electron chi connectivity index (χ1n) is 5.95. The minimum atomic E-state index is 0.553. The Bertz CT molecular complexity index is 140. The van der Waals surface area contributed by atoms with Crippen LogP contribution >= 0.6 is 11.6 Å². The number of nitrogens with zero attached hydrogens (tertiary/aromatic N) is 1. The Morgan fingerprint density at radius 1 is 1.07 bits per heavy atom. The van der Waals surface area contributed by atoms with Crippen LogP contribution in [0, 0.1) is 5.92 Å². The molecule has 0 saturated heterocycles. The molecule has 0 bridgehead atoms. The Balaban J connectivity index is 3.45. The van der Waals surface area contributed by atoms with Gasteiger partial charge in [0.25, 0.3) is 0 Å². The van der Waals surface area contributed by atoms with E-state index in [0.29, 0.717) is 11.9 Å². The van der Waals surface area contributed by atoms with E-state index in [0.717, 1.165) is 38.6 Å². The van der Waals surface area contributed by atoms with Crippen molar-refractivity contribution in [3.05, 3.63) is 0 Å². The molecule has 0 spiro atoms. The van der Waals surface area contributed by atoms with Gasteiger partial charge in [-0.05, 0) is 26.2 Å². The molecule has 0 aromatic heterocycles. The first-order valence-corrected chi connectivity index (χ1v) is 6.49. The van der Waals surface area contributed by atoms with Crippen LogP contribution in [0.2, 0.25) is 0 Å². The Hall–Kier alpha value is 0.210. The van der Waals surface area contributed by atoms with Gasteiger partial charge in [0.15, 0.2) is 0 Å². The van der Waals surface area contributed by atoms with Crippen LogP contribution in [-0.2, 0) is 4.74 Å². The Morgan fingerprint density at radius 2 is 1.73 bits per heavy atom. The summed E-state index contributed by atoms with van der Waals surface area (Å²) in [5, 5.41) is 0. The van der Waals surface area contributed by atoms with E-state index < -0.39 is 0 Å². The average Bonchev–Trinajstić information content (AvgIpc) is 2.15.